The second-order valence-electron chi connectivity index (χ2n) is 5.14. The number of hydrogen-bond acceptors (Lipinski definition) is 2. The quantitative estimate of drug-likeness (QED) is 0.914. The van der Waals surface area contributed by atoms with Crippen LogP contribution < -0.4 is 5.32 Å². The fourth-order valence-corrected chi connectivity index (χ4v) is 3.33. The topological polar surface area (TPSA) is 15.3 Å². The minimum Gasteiger partial charge on any atom is -0.315 e. The van der Waals surface area contributed by atoms with E-state index in [0.29, 0.717) is 12.1 Å². The fraction of sp³-hybridized carbons (Fsp3) is 0.600. The lowest BCUT2D eigenvalue weighted by Gasteiger charge is -2.37. The van der Waals surface area contributed by atoms with Crippen molar-refractivity contribution in [2.45, 2.75) is 38.3 Å². The highest BCUT2D eigenvalue weighted by atomic mass is 79.9. The molecule has 0 aromatic heterocycles. The molecule has 1 N–H and O–H groups in total. The SMILES string of the molecule is CCC(c1cccc(Br)c1)N(C)C1CCCNC1. The monoisotopic (exact) mass is 310 g/mol. The van der Waals surface area contributed by atoms with Gasteiger partial charge in [0.2, 0.25) is 0 Å². The van der Waals surface area contributed by atoms with E-state index in [0.717, 1.165) is 13.0 Å². The van der Waals surface area contributed by atoms with Gasteiger partial charge < -0.3 is 5.32 Å². The molecule has 3 heteroatoms. The van der Waals surface area contributed by atoms with E-state index in [4.69, 9.17) is 0 Å². The Morgan fingerprint density at radius 2 is 2.33 bits per heavy atom. The van der Waals surface area contributed by atoms with Gasteiger partial charge in [0, 0.05) is 23.1 Å². The number of rotatable bonds is 4. The van der Waals surface area contributed by atoms with Crippen LogP contribution in [0.5, 0.6) is 0 Å². The first-order chi connectivity index (χ1) is 8.72. The molecule has 1 aliphatic heterocycles. The zero-order valence-electron chi connectivity index (χ0n) is 11.3. The highest BCUT2D eigenvalue weighted by Gasteiger charge is 2.24. The second-order valence-corrected chi connectivity index (χ2v) is 6.06. The van der Waals surface area contributed by atoms with Gasteiger partial charge in [0.1, 0.15) is 0 Å². The Morgan fingerprint density at radius 3 is 2.94 bits per heavy atom. The van der Waals surface area contributed by atoms with E-state index >= 15 is 0 Å². The van der Waals surface area contributed by atoms with Crippen LogP contribution in [0.3, 0.4) is 0 Å². The maximum atomic E-state index is 3.57. The van der Waals surface area contributed by atoms with Crippen LogP contribution >= 0.6 is 15.9 Å². The molecule has 1 fully saturated rings. The van der Waals surface area contributed by atoms with Gasteiger partial charge in [0.25, 0.3) is 0 Å². The molecule has 0 aliphatic carbocycles. The predicted molar refractivity (Wildman–Crippen MR) is 80.8 cm³/mol. The average molecular weight is 311 g/mol. The first-order valence-electron chi connectivity index (χ1n) is 6.90. The summed E-state index contributed by atoms with van der Waals surface area (Å²) in [6.45, 7) is 4.58. The van der Waals surface area contributed by atoms with E-state index in [9.17, 15) is 0 Å². The molecule has 1 aliphatic rings. The molecular weight excluding hydrogens is 288 g/mol. The highest BCUT2D eigenvalue weighted by Crippen LogP contribution is 2.28. The minimum absolute atomic E-state index is 0.521. The van der Waals surface area contributed by atoms with Crippen molar-refractivity contribution in [2.75, 3.05) is 20.1 Å². The summed E-state index contributed by atoms with van der Waals surface area (Å²) in [6, 6.07) is 9.91. The van der Waals surface area contributed by atoms with Crippen molar-refractivity contribution >= 4 is 15.9 Å². The molecule has 0 bridgehead atoms. The van der Waals surface area contributed by atoms with Crippen molar-refractivity contribution in [3.05, 3.63) is 34.3 Å². The van der Waals surface area contributed by atoms with Crippen molar-refractivity contribution in [3.8, 4) is 0 Å². The number of nitrogens with zero attached hydrogens (tertiary/aromatic N) is 1. The van der Waals surface area contributed by atoms with Crippen LogP contribution in [0.2, 0.25) is 0 Å². The van der Waals surface area contributed by atoms with Gasteiger partial charge in [0.05, 0.1) is 0 Å². The van der Waals surface area contributed by atoms with E-state index in [1.807, 2.05) is 0 Å². The fourth-order valence-electron chi connectivity index (χ4n) is 2.91. The zero-order chi connectivity index (χ0) is 13.0. The highest BCUT2D eigenvalue weighted by molar-refractivity contribution is 9.10. The summed E-state index contributed by atoms with van der Waals surface area (Å²) >= 11 is 3.57. The maximum Gasteiger partial charge on any atom is 0.0346 e. The largest absolute Gasteiger partial charge is 0.315 e. The summed E-state index contributed by atoms with van der Waals surface area (Å²) in [4.78, 5) is 2.55. The van der Waals surface area contributed by atoms with Crippen LogP contribution in [0.15, 0.2) is 28.7 Å². The average Bonchev–Trinajstić information content (AvgIpc) is 2.40. The number of halogens is 1. The zero-order valence-corrected chi connectivity index (χ0v) is 12.9. The molecule has 2 unspecified atom stereocenters. The smallest absolute Gasteiger partial charge is 0.0346 e. The molecule has 1 heterocycles. The van der Waals surface area contributed by atoms with Crippen molar-refractivity contribution in [1.29, 1.82) is 0 Å². The normalized spacial score (nSPS) is 22.1. The summed E-state index contributed by atoms with van der Waals surface area (Å²) in [5.74, 6) is 0. The minimum atomic E-state index is 0.521. The molecule has 2 rings (SSSR count). The molecule has 1 saturated heterocycles. The molecule has 1 aromatic rings. The Labute approximate surface area is 119 Å². The van der Waals surface area contributed by atoms with Crippen molar-refractivity contribution in [2.24, 2.45) is 0 Å². The third kappa shape index (κ3) is 3.34. The number of likely N-dealkylation sites (N-methyl/N-ethyl adjacent to an activating group) is 1. The molecule has 0 amide bonds. The van der Waals surface area contributed by atoms with E-state index in [2.05, 4.69) is 64.4 Å². The van der Waals surface area contributed by atoms with Gasteiger partial charge in [-0.2, -0.15) is 0 Å². The number of hydrogen-bond donors (Lipinski definition) is 1. The molecule has 1 aromatic carbocycles. The van der Waals surface area contributed by atoms with Crippen molar-refractivity contribution in [1.82, 2.24) is 10.2 Å². The lowest BCUT2D eigenvalue weighted by Crippen LogP contribution is -2.45. The van der Waals surface area contributed by atoms with Crippen molar-refractivity contribution in [3.63, 3.8) is 0 Å². The van der Waals surface area contributed by atoms with Gasteiger partial charge in [-0.25, -0.2) is 0 Å². The molecule has 0 saturated carbocycles. The lowest BCUT2D eigenvalue weighted by molar-refractivity contribution is 0.143. The van der Waals surface area contributed by atoms with Gasteiger partial charge in [-0.3, -0.25) is 4.90 Å². The Balaban J connectivity index is 2.11. The van der Waals surface area contributed by atoms with Crippen LogP contribution in [-0.2, 0) is 0 Å². The summed E-state index contributed by atoms with van der Waals surface area (Å²) in [6.07, 6.45) is 3.77. The molecule has 0 radical (unpaired) electrons. The second kappa shape index (κ2) is 6.69. The number of nitrogens with one attached hydrogen (secondary N) is 1. The Kier molecular flexibility index (Phi) is 5.22. The predicted octanol–water partition coefficient (Wildman–Crippen LogP) is 3.58. The van der Waals surface area contributed by atoms with Crippen LogP contribution in [0.4, 0.5) is 0 Å². The molecular formula is C15H23BrN2. The summed E-state index contributed by atoms with van der Waals surface area (Å²) in [7, 11) is 2.27. The first kappa shape index (κ1) is 14.0. The maximum absolute atomic E-state index is 3.57. The lowest BCUT2D eigenvalue weighted by atomic mass is 9.98. The van der Waals surface area contributed by atoms with Crippen LogP contribution in [0.1, 0.15) is 37.8 Å². The van der Waals surface area contributed by atoms with E-state index in [1.165, 1.54) is 29.4 Å². The van der Waals surface area contributed by atoms with Gasteiger partial charge in [0.15, 0.2) is 0 Å². The van der Waals surface area contributed by atoms with Crippen LogP contribution in [0, 0.1) is 0 Å². The van der Waals surface area contributed by atoms with Crippen LogP contribution in [0.25, 0.3) is 0 Å². The summed E-state index contributed by atoms with van der Waals surface area (Å²) in [5, 5.41) is 3.51. The number of benzene rings is 1. The molecule has 100 valence electrons. The Bertz CT molecular complexity index is 375. The molecule has 2 atom stereocenters. The summed E-state index contributed by atoms with van der Waals surface area (Å²) in [5.41, 5.74) is 1.42. The van der Waals surface area contributed by atoms with Crippen LogP contribution in [-0.4, -0.2) is 31.1 Å². The van der Waals surface area contributed by atoms with Gasteiger partial charge in [-0.15, -0.1) is 0 Å². The molecule has 2 nitrogen and oxygen atoms in total. The molecule has 18 heavy (non-hydrogen) atoms. The Hall–Kier alpha value is -0.380. The van der Waals surface area contributed by atoms with Gasteiger partial charge in [-0.05, 0) is 50.6 Å². The summed E-state index contributed by atoms with van der Waals surface area (Å²) < 4.78 is 1.17. The third-order valence-corrected chi connectivity index (χ3v) is 4.45. The van der Waals surface area contributed by atoms with E-state index in [-0.39, 0.29) is 0 Å². The van der Waals surface area contributed by atoms with Crippen molar-refractivity contribution < 1.29 is 0 Å². The number of piperidine rings is 1. The standard InChI is InChI=1S/C15H23BrN2/c1-3-15(12-6-4-7-13(16)10-12)18(2)14-8-5-9-17-11-14/h4,6-7,10,14-15,17H,3,5,8-9,11H2,1-2H3. The molecule has 0 spiro atoms. The van der Waals surface area contributed by atoms with E-state index < -0.39 is 0 Å². The third-order valence-electron chi connectivity index (χ3n) is 3.96. The van der Waals surface area contributed by atoms with E-state index in [1.54, 1.807) is 0 Å². The van der Waals surface area contributed by atoms with Gasteiger partial charge in [-0.1, -0.05) is 35.0 Å². The Morgan fingerprint density at radius 1 is 1.50 bits per heavy atom. The first-order valence-corrected chi connectivity index (χ1v) is 7.69. The van der Waals surface area contributed by atoms with Gasteiger partial charge >= 0.3 is 0 Å².